The summed E-state index contributed by atoms with van der Waals surface area (Å²) < 4.78 is 4.92. The van der Waals surface area contributed by atoms with Crippen molar-refractivity contribution in [2.75, 3.05) is 43.4 Å². The molecule has 0 spiro atoms. The molecule has 1 heterocycles. The molecule has 29 heavy (non-hydrogen) atoms. The van der Waals surface area contributed by atoms with Crippen LogP contribution in [0.4, 0.5) is 21.0 Å². The van der Waals surface area contributed by atoms with Gasteiger partial charge in [0, 0.05) is 44.1 Å². The molecule has 1 fully saturated rings. The maximum Gasteiger partial charge on any atom is 0.411 e. The largest absolute Gasteiger partial charge is 0.450 e. The highest BCUT2D eigenvalue weighted by molar-refractivity contribution is 5.93. The Morgan fingerprint density at radius 3 is 2.24 bits per heavy atom. The van der Waals surface area contributed by atoms with E-state index < -0.39 is 6.09 Å². The Hall–Kier alpha value is -3.06. The summed E-state index contributed by atoms with van der Waals surface area (Å²) in [7, 11) is 0. The molecule has 0 saturated carbocycles. The van der Waals surface area contributed by atoms with Crippen LogP contribution in [0.15, 0.2) is 48.5 Å². The molecule has 0 aliphatic carbocycles. The van der Waals surface area contributed by atoms with Crippen LogP contribution < -0.4 is 10.6 Å². The number of carbonyl (C=O) groups is 2. The van der Waals surface area contributed by atoms with Crippen molar-refractivity contribution in [1.29, 1.82) is 0 Å². The number of piperazine rings is 1. The first-order valence-corrected chi connectivity index (χ1v) is 9.92. The molecule has 0 unspecified atom stereocenters. The number of carbonyl (C=O) groups excluding carboxylic acids is 2. The number of urea groups is 1. The summed E-state index contributed by atoms with van der Waals surface area (Å²) in [6.45, 7) is 7.85. The molecule has 7 nitrogen and oxygen atoms in total. The third-order valence-corrected chi connectivity index (χ3v) is 5.00. The third-order valence-electron chi connectivity index (χ3n) is 5.00. The number of hydrogen-bond donors (Lipinski definition) is 2. The van der Waals surface area contributed by atoms with Gasteiger partial charge in [-0.3, -0.25) is 10.2 Å². The van der Waals surface area contributed by atoms with Gasteiger partial charge in [0.1, 0.15) is 0 Å². The molecule has 1 saturated heterocycles. The lowest BCUT2D eigenvalue weighted by atomic mass is 10.1. The van der Waals surface area contributed by atoms with Crippen LogP contribution in [0.3, 0.4) is 0 Å². The third kappa shape index (κ3) is 5.71. The molecule has 1 aliphatic rings. The highest BCUT2D eigenvalue weighted by Crippen LogP contribution is 2.24. The minimum absolute atomic E-state index is 0.124. The van der Waals surface area contributed by atoms with Crippen molar-refractivity contribution in [3.05, 3.63) is 59.7 Å². The standard InChI is InChI=1S/C22H28N4O3/c1-3-29-22(28)24-20-11-7-10-19(17(20)2)23-21(27)26-14-12-25(13-15-26)16-18-8-5-4-6-9-18/h4-11H,3,12-16H2,1-2H3,(H,23,27)(H,24,28). The molecule has 1 aliphatic heterocycles. The van der Waals surface area contributed by atoms with Crippen molar-refractivity contribution in [1.82, 2.24) is 9.80 Å². The van der Waals surface area contributed by atoms with Crippen LogP contribution in [0, 0.1) is 6.92 Å². The Labute approximate surface area is 171 Å². The van der Waals surface area contributed by atoms with Crippen LogP contribution in [-0.4, -0.2) is 54.7 Å². The van der Waals surface area contributed by atoms with Gasteiger partial charge in [0.15, 0.2) is 0 Å². The second-order valence-electron chi connectivity index (χ2n) is 7.00. The average molecular weight is 396 g/mol. The summed E-state index contributed by atoms with van der Waals surface area (Å²) in [6.07, 6.45) is -0.506. The number of anilines is 2. The minimum Gasteiger partial charge on any atom is -0.450 e. The van der Waals surface area contributed by atoms with Gasteiger partial charge in [-0.1, -0.05) is 36.4 Å². The van der Waals surface area contributed by atoms with Gasteiger partial charge in [-0.25, -0.2) is 9.59 Å². The van der Waals surface area contributed by atoms with E-state index in [1.54, 1.807) is 19.1 Å². The SMILES string of the molecule is CCOC(=O)Nc1cccc(NC(=O)N2CCN(Cc3ccccc3)CC2)c1C. The average Bonchev–Trinajstić information content (AvgIpc) is 2.72. The van der Waals surface area contributed by atoms with Crippen molar-refractivity contribution in [2.24, 2.45) is 0 Å². The van der Waals surface area contributed by atoms with Crippen molar-refractivity contribution in [2.45, 2.75) is 20.4 Å². The van der Waals surface area contributed by atoms with Crippen LogP contribution in [0.25, 0.3) is 0 Å². The van der Waals surface area contributed by atoms with E-state index in [1.807, 2.05) is 36.1 Å². The molecule has 0 atom stereocenters. The van der Waals surface area contributed by atoms with Gasteiger partial charge in [-0.2, -0.15) is 0 Å². The first kappa shape index (κ1) is 20.7. The minimum atomic E-state index is -0.506. The van der Waals surface area contributed by atoms with Crippen LogP contribution in [-0.2, 0) is 11.3 Å². The quantitative estimate of drug-likeness (QED) is 0.804. The first-order valence-electron chi connectivity index (χ1n) is 9.92. The summed E-state index contributed by atoms with van der Waals surface area (Å²) in [4.78, 5) is 28.6. The smallest absolute Gasteiger partial charge is 0.411 e. The lowest BCUT2D eigenvalue weighted by Crippen LogP contribution is -2.49. The fourth-order valence-electron chi connectivity index (χ4n) is 3.33. The van der Waals surface area contributed by atoms with Crippen LogP contribution >= 0.6 is 0 Å². The summed E-state index contributed by atoms with van der Waals surface area (Å²) >= 11 is 0. The number of amides is 3. The Morgan fingerprint density at radius 1 is 0.931 bits per heavy atom. The zero-order chi connectivity index (χ0) is 20.6. The topological polar surface area (TPSA) is 73.9 Å². The van der Waals surface area contributed by atoms with Gasteiger partial charge >= 0.3 is 12.1 Å². The molecule has 0 bridgehead atoms. The second-order valence-corrected chi connectivity index (χ2v) is 7.00. The zero-order valence-corrected chi connectivity index (χ0v) is 17.0. The van der Waals surface area contributed by atoms with Crippen LogP contribution in [0.5, 0.6) is 0 Å². The first-order chi connectivity index (χ1) is 14.1. The number of benzene rings is 2. The molecule has 7 heteroatoms. The highest BCUT2D eigenvalue weighted by Gasteiger charge is 2.22. The highest BCUT2D eigenvalue weighted by atomic mass is 16.5. The van der Waals surface area contributed by atoms with Crippen molar-refractivity contribution in [3.8, 4) is 0 Å². The Morgan fingerprint density at radius 2 is 1.59 bits per heavy atom. The van der Waals surface area contributed by atoms with Gasteiger partial charge in [0.25, 0.3) is 0 Å². The van der Waals surface area contributed by atoms with Gasteiger partial charge in [0.2, 0.25) is 0 Å². The van der Waals surface area contributed by atoms with E-state index in [-0.39, 0.29) is 6.03 Å². The number of nitrogens with zero attached hydrogens (tertiary/aromatic N) is 2. The summed E-state index contributed by atoms with van der Waals surface area (Å²) in [5.41, 5.74) is 3.37. The van der Waals surface area contributed by atoms with E-state index >= 15 is 0 Å². The molecule has 2 N–H and O–H groups in total. The fourth-order valence-corrected chi connectivity index (χ4v) is 3.33. The number of ether oxygens (including phenoxy) is 1. The number of rotatable bonds is 5. The maximum absolute atomic E-state index is 12.7. The number of nitrogens with one attached hydrogen (secondary N) is 2. The van der Waals surface area contributed by atoms with Gasteiger partial charge in [-0.05, 0) is 37.1 Å². The molecule has 2 aromatic carbocycles. The van der Waals surface area contributed by atoms with Crippen LogP contribution in [0.1, 0.15) is 18.1 Å². The van der Waals surface area contributed by atoms with Crippen LogP contribution in [0.2, 0.25) is 0 Å². The van der Waals surface area contributed by atoms with Crippen molar-refractivity contribution >= 4 is 23.5 Å². The Balaban J connectivity index is 1.54. The predicted octanol–water partition coefficient (Wildman–Crippen LogP) is 3.91. The molecule has 3 rings (SSSR count). The molecular weight excluding hydrogens is 368 g/mol. The van der Waals surface area contributed by atoms with Gasteiger partial charge in [0.05, 0.1) is 6.61 Å². The van der Waals surface area contributed by atoms with E-state index in [0.29, 0.717) is 31.1 Å². The van der Waals surface area contributed by atoms with Gasteiger partial charge in [-0.15, -0.1) is 0 Å². The fraction of sp³-hybridized carbons (Fsp3) is 0.364. The Bertz CT molecular complexity index is 833. The van der Waals surface area contributed by atoms with E-state index in [9.17, 15) is 9.59 Å². The summed E-state index contributed by atoms with van der Waals surface area (Å²) in [5, 5.41) is 5.67. The van der Waals surface area contributed by atoms with Crippen molar-refractivity contribution in [3.63, 3.8) is 0 Å². The molecule has 0 aromatic heterocycles. The molecule has 0 radical (unpaired) electrons. The normalized spacial score (nSPS) is 14.3. The maximum atomic E-state index is 12.7. The predicted molar refractivity (Wildman–Crippen MR) is 114 cm³/mol. The Kier molecular flexibility index (Phi) is 7.08. The molecule has 154 valence electrons. The molecule has 3 amide bonds. The van der Waals surface area contributed by atoms with E-state index in [0.717, 1.165) is 25.2 Å². The van der Waals surface area contributed by atoms with Crippen molar-refractivity contribution < 1.29 is 14.3 Å². The van der Waals surface area contributed by atoms with E-state index in [1.165, 1.54) is 5.56 Å². The zero-order valence-electron chi connectivity index (χ0n) is 17.0. The lowest BCUT2D eigenvalue weighted by molar-refractivity contribution is 0.143. The van der Waals surface area contributed by atoms with E-state index in [2.05, 4.69) is 27.7 Å². The molecular formula is C22H28N4O3. The summed E-state index contributed by atoms with van der Waals surface area (Å²) in [5.74, 6) is 0. The van der Waals surface area contributed by atoms with Gasteiger partial charge < -0.3 is 15.0 Å². The monoisotopic (exact) mass is 396 g/mol. The molecule has 2 aromatic rings. The summed E-state index contributed by atoms with van der Waals surface area (Å²) in [6, 6.07) is 15.6. The van der Waals surface area contributed by atoms with E-state index in [4.69, 9.17) is 4.74 Å². The lowest BCUT2D eigenvalue weighted by Gasteiger charge is -2.34. The number of hydrogen-bond acceptors (Lipinski definition) is 4. The second kappa shape index (κ2) is 9.93.